The molecule has 0 aromatic heterocycles. The second kappa shape index (κ2) is 4.04. The first-order chi connectivity index (χ1) is 7.54. The van der Waals surface area contributed by atoms with Crippen LogP contribution >= 0.6 is 0 Å². The van der Waals surface area contributed by atoms with Gasteiger partial charge in [-0.15, -0.1) is 0 Å². The first kappa shape index (κ1) is 11.4. The fraction of sp³-hybridized carbons (Fsp3) is 0.533. The predicted molar refractivity (Wildman–Crippen MR) is 70.1 cm³/mol. The molecule has 0 amide bonds. The van der Waals surface area contributed by atoms with Gasteiger partial charge in [0.2, 0.25) is 0 Å². The summed E-state index contributed by atoms with van der Waals surface area (Å²) in [5.74, 6) is 0.600. The maximum atomic E-state index is 4.83. The Morgan fingerprint density at radius 1 is 1.25 bits per heavy atom. The van der Waals surface area contributed by atoms with Gasteiger partial charge < -0.3 is 0 Å². The van der Waals surface area contributed by atoms with Crippen LogP contribution in [-0.2, 0) is 5.41 Å². The number of rotatable bonds is 2. The number of hydrogen-bond donors (Lipinski definition) is 0. The maximum absolute atomic E-state index is 4.83. The molecule has 1 aliphatic heterocycles. The molecular formula is C15H21N. The quantitative estimate of drug-likeness (QED) is 0.711. The highest BCUT2D eigenvalue weighted by Gasteiger charge is 2.41. The van der Waals surface area contributed by atoms with Gasteiger partial charge in [0.25, 0.3) is 0 Å². The van der Waals surface area contributed by atoms with E-state index in [1.165, 1.54) is 11.3 Å². The molecule has 0 saturated heterocycles. The molecule has 2 atom stereocenters. The predicted octanol–water partition coefficient (Wildman–Crippen LogP) is 3.83. The van der Waals surface area contributed by atoms with Gasteiger partial charge in [0.15, 0.2) is 0 Å². The summed E-state index contributed by atoms with van der Waals surface area (Å²) in [4.78, 5) is 4.83. The van der Waals surface area contributed by atoms with Gasteiger partial charge in [0.1, 0.15) is 0 Å². The molecule has 16 heavy (non-hydrogen) atoms. The molecule has 0 spiro atoms. The van der Waals surface area contributed by atoms with Gasteiger partial charge in [0.05, 0.1) is 6.04 Å². The van der Waals surface area contributed by atoms with Crippen LogP contribution in [0.2, 0.25) is 0 Å². The molecule has 1 heteroatoms. The van der Waals surface area contributed by atoms with Crippen LogP contribution in [0.25, 0.3) is 0 Å². The molecule has 0 aliphatic carbocycles. The van der Waals surface area contributed by atoms with E-state index in [0.717, 1.165) is 6.42 Å². The summed E-state index contributed by atoms with van der Waals surface area (Å²) in [6.45, 7) is 9.05. The Morgan fingerprint density at radius 2 is 1.88 bits per heavy atom. The van der Waals surface area contributed by atoms with Crippen molar-refractivity contribution in [3.05, 3.63) is 35.9 Å². The van der Waals surface area contributed by atoms with E-state index in [1.807, 2.05) is 0 Å². The van der Waals surface area contributed by atoms with E-state index in [2.05, 4.69) is 58.0 Å². The second-order valence-corrected chi connectivity index (χ2v) is 5.51. The van der Waals surface area contributed by atoms with Crippen LogP contribution in [-0.4, -0.2) is 11.8 Å². The molecule has 0 unspecified atom stereocenters. The first-order valence-corrected chi connectivity index (χ1v) is 6.13. The Balaban J connectivity index is 2.39. The minimum absolute atomic E-state index is 0.194. The molecule has 0 saturated carbocycles. The largest absolute Gasteiger partial charge is 0.290 e. The van der Waals surface area contributed by atoms with E-state index in [1.54, 1.807) is 0 Å². The normalized spacial score (nSPS) is 29.6. The molecule has 1 aliphatic rings. The van der Waals surface area contributed by atoms with E-state index in [0.29, 0.717) is 12.0 Å². The zero-order valence-corrected chi connectivity index (χ0v) is 10.7. The monoisotopic (exact) mass is 215 g/mol. The summed E-state index contributed by atoms with van der Waals surface area (Å²) in [6.07, 6.45) is 1.10. The van der Waals surface area contributed by atoms with Gasteiger partial charge in [-0.25, -0.2) is 0 Å². The average Bonchev–Trinajstić information content (AvgIpc) is 2.57. The molecule has 0 bridgehead atoms. The summed E-state index contributed by atoms with van der Waals surface area (Å²) in [5.41, 5.74) is 2.92. The summed E-state index contributed by atoms with van der Waals surface area (Å²) in [7, 11) is 0. The number of nitrogens with zero attached hydrogens (tertiary/aromatic N) is 1. The molecular weight excluding hydrogens is 194 g/mol. The topological polar surface area (TPSA) is 12.4 Å². The summed E-state index contributed by atoms with van der Waals surface area (Å²) >= 11 is 0. The number of benzene rings is 1. The van der Waals surface area contributed by atoms with Crippen molar-refractivity contribution in [3.8, 4) is 0 Å². The highest BCUT2D eigenvalue weighted by Crippen LogP contribution is 2.41. The third-order valence-corrected chi connectivity index (χ3v) is 3.70. The molecule has 86 valence electrons. The summed E-state index contributed by atoms with van der Waals surface area (Å²) in [5, 5.41) is 0. The van der Waals surface area contributed by atoms with Crippen LogP contribution in [0.5, 0.6) is 0 Å². The van der Waals surface area contributed by atoms with Crippen molar-refractivity contribution in [1.82, 2.24) is 0 Å². The lowest BCUT2D eigenvalue weighted by Gasteiger charge is -2.33. The molecule has 1 aromatic rings. The Hall–Kier alpha value is -1.11. The maximum Gasteiger partial charge on any atom is 0.0619 e. The molecule has 1 aromatic carbocycles. The Bertz CT molecular complexity index is 391. The van der Waals surface area contributed by atoms with Crippen molar-refractivity contribution in [1.29, 1.82) is 0 Å². The van der Waals surface area contributed by atoms with Gasteiger partial charge in [-0.3, -0.25) is 4.99 Å². The third kappa shape index (κ3) is 1.79. The molecule has 0 radical (unpaired) electrons. The van der Waals surface area contributed by atoms with Crippen LogP contribution in [0, 0.1) is 5.92 Å². The minimum atomic E-state index is 0.194. The summed E-state index contributed by atoms with van der Waals surface area (Å²) < 4.78 is 0. The Labute approximate surface area is 98.6 Å². The van der Waals surface area contributed by atoms with Crippen LogP contribution in [0.15, 0.2) is 35.3 Å². The van der Waals surface area contributed by atoms with Crippen molar-refractivity contribution >= 4 is 5.71 Å². The van der Waals surface area contributed by atoms with Crippen molar-refractivity contribution in [2.45, 2.75) is 45.6 Å². The average molecular weight is 215 g/mol. The standard InChI is InChI=1S/C15H21N/c1-11(2)14-15(4,10-12(3)16-14)13-8-6-5-7-9-13/h5-9,11,14H,10H2,1-4H3/t14-,15-/m1/s1. The van der Waals surface area contributed by atoms with Crippen LogP contribution in [0.4, 0.5) is 0 Å². The van der Waals surface area contributed by atoms with Crippen molar-refractivity contribution in [3.63, 3.8) is 0 Å². The smallest absolute Gasteiger partial charge is 0.0619 e. The highest BCUT2D eigenvalue weighted by atomic mass is 14.9. The van der Waals surface area contributed by atoms with Crippen molar-refractivity contribution in [2.24, 2.45) is 10.9 Å². The van der Waals surface area contributed by atoms with E-state index < -0.39 is 0 Å². The van der Waals surface area contributed by atoms with Gasteiger partial charge in [-0.05, 0) is 24.8 Å². The lowest BCUT2D eigenvalue weighted by atomic mass is 9.71. The molecule has 1 nitrogen and oxygen atoms in total. The minimum Gasteiger partial charge on any atom is -0.290 e. The molecule has 0 fully saturated rings. The van der Waals surface area contributed by atoms with E-state index >= 15 is 0 Å². The molecule has 0 N–H and O–H groups in total. The Morgan fingerprint density at radius 3 is 2.44 bits per heavy atom. The zero-order chi connectivity index (χ0) is 11.8. The van der Waals surface area contributed by atoms with Gasteiger partial charge in [-0.2, -0.15) is 0 Å². The van der Waals surface area contributed by atoms with E-state index in [4.69, 9.17) is 4.99 Å². The lowest BCUT2D eigenvalue weighted by Crippen LogP contribution is -2.35. The highest BCUT2D eigenvalue weighted by molar-refractivity contribution is 5.86. The van der Waals surface area contributed by atoms with Crippen LogP contribution in [0.1, 0.15) is 39.7 Å². The number of aliphatic imine (C=N–C) groups is 1. The lowest BCUT2D eigenvalue weighted by molar-refractivity contribution is 0.337. The van der Waals surface area contributed by atoms with Crippen LogP contribution < -0.4 is 0 Å². The van der Waals surface area contributed by atoms with E-state index in [9.17, 15) is 0 Å². The fourth-order valence-electron chi connectivity index (χ4n) is 3.04. The van der Waals surface area contributed by atoms with Crippen LogP contribution in [0.3, 0.4) is 0 Å². The second-order valence-electron chi connectivity index (χ2n) is 5.51. The third-order valence-electron chi connectivity index (χ3n) is 3.70. The summed E-state index contributed by atoms with van der Waals surface area (Å²) in [6, 6.07) is 11.2. The van der Waals surface area contributed by atoms with Crippen molar-refractivity contribution in [2.75, 3.05) is 0 Å². The fourth-order valence-corrected chi connectivity index (χ4v) is 3.04. The SMILES string of the molecule is CC1=N[C@H](C(C)C)[C@@](C)(c2ccccc2)C1. The zero-order valence-electron chi connectivity index (χ0n) is 10.7. The molecule has 1 heterocycles. The first-order valence-electron chi connectivity index (χ1n) is 6.13. The van der Waals surface area contributed by atoms with Crippen molar-refractivity contribution < 1.29 is 0 Å². The van der Waals surface area contributed by atoms with Gasteiger partial charge in [0, 0.05) is 11.1 Å². The van der Waals surface area contributed by atoms with Gasteiger partial charge in [-0.1, -0.05) is 51.1 Å². The van der Waals surface area contributed by atoms with Gasteiger partial charge >= 0.3 is 0 Å². The Kier molecular flexibility index (Phi) is 2.88. The van der Waals surface area contributed by atoms with E-state index in [-0.39, 0.29) is 5.41 Å². The number of hydrogen-bond acceptors (Lipinski definition) is 1. The molecule has 2 rings (SSSR count).